The van der Waals surface area contributed by atoms with Gasteiger partial charge in [-0.15, -0.1) is 0 Å². The van der Waals surface area contributed by atoms with Crippen LogP contribution in [0.1, 0.15) is 0 Å². The first-order valence-corrected chi connectivity index (χ1v) is 7.34. The minimum atomic E-state index is 0.722. The van der Waals surface area contributed by atoms with Crippen LogP contribution in [0.4, 0.5) is 0 Å². The first-order chi connectivity index (χ1) is 10.8. The zero-order valence-corrected chi connectivity index (χ0v) is 11.8. The number of fused-ring (bicyclic) bond motifs is 8. The summed E-state index contributed by atoms with van der Waals surface area (Å²) in [4.78, 5) is 0. The van der Waals surface area contributed by atoms with Crippen molar-refractivity contribution in [2.45, 2.75) is 0 Å². The van der Waals surface area contributed by atoms with E-state index in [1.165, 1.54) is 21.5 Å². The van der Waals surface area contributed by atoms with Gasteiger partial charge in [0.15, 0.2) is 0 Å². The van der Waals surface area contributed by atoms with E-state index in [2.05, 4.69) is 54.6 Å². The summed E-state index contributed by atoms with van der Waals surface area (Å²) in [6.07, 6.45) is 0. The van der Waals surface area contributed by atoms with Crippen LogP contribution in [0.3, 0.4) is 0 Å². The van der Waals surface area contributed by atoms with Crippen LogP contribution in [-0.4, -0.2) is 7.85 Å². The van der Waals surface area contributed by atoms with E-state index < -0.39 is 0 Å². The molecule has 5 aromatic rings. The Bertz CT molecular complexity index is 1180. The zero-order valence-electron chi connectivity index (χ0n) is 11.8. The minimum absolute atomic E-state index is 0.722. The molecule has 100 valence electrons. The fourth-order valence-electron chi connectivity index (χ4n) is 3.42. The standard InChI is InChI=1S/C20H11BO/c21-12-9-10-17-18(11-12)22-20-16-8-4-2-6-14(16)13-5-1-3-7-15(13)19(17)20/h1-11H. The Balaban J connectivity index is 2.21. The molecule has 0 aliphatic carbocycles. The molecule has 2 heteroatoms. The molecule has 0 atom stereocenters. The highest BCUT2D eigenvalue weighted by molar-refractivity contribution is 6.35. The first kappa shape index (κ1) is 11.9. The number of hydrogen-bond acceptors (Lipinski definition) is 1. The zero-order chi connectivity index (χ0) is 14.7. The van der Waals surface area contributed by atoms with E-state index in [-0.39, 0.29) is 0 Å². The summed E-state index contributed by atoms with van der Waals surface area (Å²) in [6.45, 7) is 0. The van der Waals surface area contributed by atoms with Crippen LogP contribution in [0.25, 0.3) is 43.5 Å². The van der Waals surface area contributed by atoms with Crippen LogP contribution >= 0.6 is 0 Å². The van der Waals surface area contributed by atoms with Gasteiger partial charge in [-0.2, -0.15) is 0 Å². The monoisotopic (exact) mass is 278 g/mol. The molecule has 0 spiro atoms. The summed E-state index contributed by atoms with van der Waals surface area (Å²) >= 11 is 0. The molecule has 0 N–H and O–H groups in total. The SMILES string of the molecule is [B]c1ccc2c(c1)oc1c3ccccc3c3ccccc3c21. The van der Waals surface area contributed by atoms with Gasteiger partial charge in [0.05, 0.1) is 0 Å². The maximum Gasteiger partial charge on any atom is 0.143 e. The van der Waals surface area contributed by atoms with Gasteiger partial charge in [-0.3, -0.25) is 0 Å². The number of furan rings is 1. The van der Waals surface area contributed by atoms with Gasteiger partial charge in [-0.05, 0) is 22.2 Å². The smallest absolute Gasteiger partial charge is 0.143 e. The van der Waals surface area contributed by atoms with Crippen molar-refractivity contribution in [1.29, 1.82) is 0 Å². The van der Waals surface area contributed by atoms with Crippen molar-refractivity contribution in [1.82, 2.24) is 0 Å². The van der Waals surface area contributed by atoms with E-state index >= 15 is 0 Å². The molecule has 0 bridgehead atoms. The highest BCUT2D eigenvalue weighted by atomic mass is 16.3. The molecule has 5 rings (SSSR count). The average Bonchev–Trinajstić information content (AvgIpc) is 2.94. The van der Waals surface area contributed by atoms with Crippen molar-refractivity contribution in [3.05, 3.63) is 66.7 Å². The summed E-state index contributed by atoms with van der Waals surface area (Å²) in [6, 6.07) is 22.8. The third-order valence-electron chi connectivity index (χ3n) is 4.37. The molecule has 0 saturated carbocycles. The third kappa shape index (κ3) is 1.44. The van der Waals surface area contributed by atoms with Gasteiger partial charge in [0.2, 0.25) is 0 Å². The lowest BCUT2D eigenvalue weighted by Gasteiger charge is -2.05. The predicted molar refractivity (Wildman–Crippen MR) is 94.1 cm³/mol. The number of benzene rings is 4. The Labute approximate surface area is 128 Å². The van der Waals surface area contributed by atoms with Crippen molar-refractivity contribution < 1.29 is 4.42 Å². The van der Waals surface area contributed by atoms with Crippen LogP contribution in [-0.2, 0) is 0 Å². The van der Waals surface area contributed by atoms with Crippen LogP contribution in [0, 0.1) is 0 Å². The molecular formula is C20H11BO. The lowest BCUT2D eigenvalue weighted by atomic mass is 9.93. The van der Waals surface area contributed by atoms with E-state index in [9.17, 15) is 0 Å². The quantitative estimate of drug-likeness (QED) is 0.296. The minimum Gasteiger partial charge on any atom is -0.455 e. The molecule has 1 heterocycles. The number of hydrogen-bond donors (Lipinski definition) is 0. The Morgan fingerprint density at radius 2 is 1.27 bits per heavy atom. The average molecular weight is 278 g/mol. The van der Waals surface area contributed by atoms with Crippen LogP contribution < -0.4 is 5.46 Å². The second-order valence-corrected chi connectivity index (χ2v) is 5.65. The molecule has 1 nitrogen and oxygen atoms in total. The maximum absolute atomic E-state index is 6.17. The lowest BCUT2D eigenvalue weighted by Crippen LogP contribution is -1.98. The second kappa shape index (κ2) is 4.14. The summed E-state index contributed by atoms with van der Waals surface area (Å²) in [5.74, 6) is 0. The molecule has 0 aliphatic rings. The maximum atomic E-state index is 6.17. The molecule has 22 heavy (non-hydrogen) atoms. The second-order valence-electron chi connectivity index (χ2n) is 5.65. The Kier molecular flexibility index (Phi) is 2.23. The van der Waals surface area contributed by atoms with Crippen molar-refractivity contribution in [2.24, 2.45) is 0 Å². The summed E-state index contributed by atoms with van der Waals surface area (Å²) < 4.78 is 6.17. The van der Waals surface area contributed by atoms with Gasteiger partial charge in [-0.25, -0.2) is 0 Å². The predicted octanol–water partition coefficient (Wildman–Crippen LogP) is 4.69. The van der Waals surface area contributed by atoms with Crippen LogP contribution in [0.5, 0.6) is 0 Å². The molecule has 0 saturated heterocycles. The van der Waals surface area contributed by atoms with Gasteiger partial charge in [0, 0.05) is 16.2 Å². The van der Waals surface area contributed by atoms with E-state index in [1.54, 1.807) is 0 Å². The van der Waals surface area contributed by atoms with Gasteiger partial charge in [0.1, 0.15) is 19.0 Å². The Morgan fingerprint density at radius 1 is 0.636 bits per heavy atom. The van der Waals surface area contributed by atoms with Gasteiger partial charge in [-0.1, -0.05) is 66.1 Å². The molecule has 4 aromatic carbocycles. The molecule has 0 amide bonds. The molecule has 0 unspecified atom stereocenters. The topological polar surface area (TPSA) is 13.1 Å². The van der Waals surface area contributed by atoms with Gasteiger partial charge < -0.3 is 4.42 Å². The summed E-state index contributed by atoms with van der Waals surface area (Å²) in [5, 5.41) is 7.13. The van der Waals surface area contributed by atoms with Gasteiger partial charge in [0.25, 0.3) is 0 Å². The molecule has 0 aliphatic heterocycles. The normalized spacial score (nSPS) is 11.8. The van der Waals surface area contributed by atoms with Crippen LogP contribution in [0.15, 0.2) is 71.1 Å². The third-order valence-corrected chi connectivity index (χ3v) is 4.37. The molecular weight excluding hydrogens is 267 g/mol. The lowest BCUT2D eigenvalue weighted by molar-refractivity contribution is 0.673. The van der Waals surface area contributed by atoms with Crippen LogP contribution in [0.2, 0.25) is 0 Å². The van der Waals surface area contributed by atoms with E-state index in [1.807, 2.05) is 12.1 Å². The Hall–Kier alpha value is -2.74. The van der Waals surface area contributed by atoms with Crippen molar-refractivity contribution in [2.75, 3.05) is 0 Å². The largest absolute Gasteiger partial charge is 0.455 e. The van der Waals surface area contributed by atoms with Crippen molar-refractivity contribution >= 4 is 56.8 Å². The van der Waals surface area contributed by atoms with E-state index in [0.29, 0.717) is 0 Å². The first-order valence-electron chi connectivity index (χ1n) is 7.34. The fraction of sp³-hybridized carbons (Fsp3) is 0. The summed E-state index contributed by atoms with van der Waals surface area (Å²) in [5.41, 5.74) is 2.51. The molecule has 2 radical (unpaired) electrons. The highest BCUT2D eigenvalue weighted by Crippen LogP contribution is 2.40. The van der Waals surface area contributed by atoms with Gasteiger partial charge >= 0.3 is 0 Å². The number of rotatable bonds is 0. The Morgan fingerprint density at radius 3 is 2.05 bits per heavy atom. The van der Waals surface area contributed by atoms with E-state index in [0.717, 1.165) is 27.4 Å². The summed E-state index contributed by atoms with van der Waals surface area (Å²) in [7, 11) is 5.91. The molecule has 1 aromatic heterocycles. The van der Waals surface area contributed by atoms with Crippen molar-refractivity contribution in [3.63, 3.8) is 0 Å². The fourth-order valence-corrected chi connectivity index (χ4v) is 3.42. The molecule has 0 fully saturated rings. The highest BCUT2D eigenvalue weighted by Gasteiger charge is 2.14. The van der Waals surface area contributed by atoms with E-state index in [4.69, 9.17) is 12.3 Å². The van der Waals surface area contributed by atoms with Crippen molar-refractivity contribution in [3.8, 4) is 0 Å².